The molecule has 172 valence electrons. The Labute approximate surface area is 188 Å². The molecule has 1 fully saturated rings. The second-order valence-electron chi connectivity index (χ2n) is 7.69. The Morgan fingerprint density at radius 3 is 2.85 bits per heavy atom. The van der Waals surface area contributed by atoms with E-state index in [-0.39, 0.29) is 28.2 Å². The largest absolute Gasteiger partial charge is 0.493 e. The molecule has 2 amide bonds. The van der Waals surface area contributed by atoms with E-state index in [0.29, 0.717) is 29.9 Å². The van der Waals surface area contributed by atoms with Crippen molar-refractivity contribution in [3.8, 4) is 22.8 Å². The van der Waals surface area contributed by atoms with Gasteiger partial charge < -0.3 is 14.8 Å². The zero-order chi connectivity index (χ0) is 23.2. The van der Waals surface area contributed by atoms with Crippen LogP contribution in [0.25, 0.3) is 11.1 Å². The molecule has 0 unspecified atom stereocenters. The van der Waals surface area contributed by atoms with Gasteiger partial charge in [-0.1, -0.05) is 0 Å². The van der Waals surface area contributed by atoms with Gasteiger partial charge >= 0.3 is 6.03 Å². The van der Waals surface area contributed by atoms with E-state index in [2.05, 4.69) is 15.4 Å². The first-order valence-corrected chi connectivity index (χ1v) is 11.7. The lowest BCUT2D eigenvalue weighted by Crippen LogP contribution is -2.35. The molecular weight excluding hydrogens is 453 g/mol. The number of sulfonamides is 1. The minimum absolute atomic E-state index is 0.137. The fourth-order valence-electron chi connectivity index (χ4n) is 3.70. The average Bonchev–Trinajstić information content (AvgIpc) is 3.30. The number of nitrogens with one attached hydrogen (secondary N) is 2. The van der Waals surface area contributed by atoms with E-state index in [1.807, 2.05) is 4.72 Å². The zero-order valence-electron chi connectivity index (χ0n) is 17.5. The summed E-state index contributed by atoms with van der Waals surface area (Å²) in [5.74, 6) is 0.0882. The summed E-state index contributed by atoms with van der Waals surface area (Å²) in [4.78, 5) is 16.6. The lowest BCUT2D eigenvalue weighted by atomic mass is 9.99. The molecule has 1 aliphatic heterocycles. The first kappa shape index (κ1) is 21.2. The van der Waals surface area contributed by atoms with Crippen LogP contribution in [0.5, 0.6) is 11.6 Å². The smallest absolute Gasteiger partial charge is 0.333 e. The van der Waals surface area contributed by atoms with Crippen LogP contribution < -0.4 is 19.5 Å². The highest BCUT2D eigenvalue weighted by molar-refractivity contribution is 7.90. The van der Waals surface area contributed by atoms with Crippen molar-refractivity contribution >= 4 is 21.7 Å². The molecule has 3 heterocycles. The summed E-state index contributed by atoms with van der Waals surface area (Å²) in [6, 6.07) is 5.20. The van der Waals surface area contributed by atoms with Crippen LogP contribution in [-0.4, -0.2) is 42.9 Å². The molecular formula is C21H20FN5O5S. The van der Waals surface area contributed by atoms with Crippen molar-refractivity contribution in [2.24, 2.45) is 0 Å². The van der Waals surface area contributed by atoms with Gasteiger partial charge in [-0.05, 0) is 31.0 Å². The molecule has 0 radical (unpaired) electrons. The Hall–Kier alpha value is -3.67. The summed E-state index contributed by atoms with van der Waals surface area (Å²) in [6.07, 6.45) is 4.93. The lowest BCUT2D eigenvalue weighted by Gasteiger charge is -2.16. The first-order valence-electron chi connectivity index (χ1n) is 10.2. The Kier molecular flexibility index (Phi) is 5.16. The maximum Gasteiger partial charge on any atom is 0.333 e. The third-order valence-corrected chi connectivity index (χ3v) is 6.68. The maximum absolute atomic E-state index is 14.6. The number of urea groups is 1. The molecule has 12 heteroatoms. The number of methoxy groups -OCH3 is 1. The molecule has 0 saturated heterocycles. The molecule has 2 N–H and O–H groups in total. The van der Waals surface area contributed by atoms with Crippen molar-refractivity contribution in [3.63, 3.8) is 0 Å². The van der Waals surface area contributed by atoms with E-state index in [0.717, 1.165) is 19.0 Å². The van der Waals surface area contributed by atoms with Gasteiger partial charge in [0.15, 0.2) is 5.03 Å². The number of benzene rings is 1. The number of hydrogen-bond donors (Lipinski definition) is 2. The van der Waals surface area contributed by atoms with Gasteiger partial charge in [-0.3, -0.25) is 4.68 Å². The fourth-order valence-corrected chi connectivity index (χ4v) is 4.54. The predicted molar refractivity (Wildman–Crippen MR) is 115 cm³/mol. The summed E-state index contributed by atoms with van der Waals surface area (Å²) in [7, 11) is -2.80. The van der Waals surface area contributed by atoms with E-state index >= 15 is 0 Å². The predicted octanol–water partition coefficient (Wildman–Crippen LogP) is 2.87. The molecule has 3 aromatic rings. The van der Waals surface area contributed by atoms with Gasteiger partial charge in [0.05, 0.1) is 31.6 Å². The molecule has 2 aromatic heterocycles. The molecule has 1 aromatic carbocycles. The Morgan fingerprint density at radius 2 is 2.09 bits per heavy atom. The summed E-state index contributed by atoms with van der Waals surface area (Å²) < 4.78 is 54.2. The van der Waals surface area contributed by atoms with Gasteiger partial charge in [-0.25, -0.2) is 18.9 Å². The standard InChI is InChI=1S/C21H20FN5O5S/c1-31-18-10-15(16(22)11-23-18)13-4-5-17-14(7-9-32-17)20(13)24-21(28)26-33(29,30)19-6-8-27(25-19)12-2-3-12/h4-6,8,10-12H,2-3,7,9H2,1H3,(H2,24,26,28). The number of carbonyl (C=O) groups excluding carboxylic acids is 1. The van der Waals surface area contributed by atoms with Crippen LogP contribution in [-0.2, 0) is 16.4 Å². The SMILES string of the molecule is COc1cc(-c2ccc3c(c2NC(=O)NS(=O)(=O)c2ccn(C4CC4)n2)CCO3)c(F)cn1. The molecule has 2 aliphatic rings. The number of halogens is 1. The van der Waals surface area contributed by atoms with Crippen molar-refractivity contribution in [2.45, 2.75) is 30.3 Å². The quantitative estimate of drug-likeness (QED) is 0.564. The highest BCUT2D eigenvalue weighted by Crippen LogP contribution is 2.41. The summed E-state index contributed by atoms with van der Waals surface area (Å²) in [5.41, 5.74) is 1.35. The highest BCUT2D eigenvalue weighted by Gasteiger charge is 2.29. The van der Waals surface area contributed by atoms with Gasteiger partial charge in [0.2, 0.25) is 5.88 Å². The average molecular weight is 473 g/mol. The minimum atomic E-state index is -4.20. The fraction of sp³-hybridized carbons (Fsp3) is 0.286. The maximum atomic E-state index is 14.6. The van der Waals surface area contributed by atoms with E-state index < -0.39 is 21.9 Å². The monoisotopic (exact) mass is 473 g/mol. The number of fused-ring (bicyclic) bond motifs is 1. The van der Waals surface area contributed by atoms with E-state index in [1.54, 1.807) is 23.0 Å². The second-order valence-corrected chi connectivity index (χ2v) is 9.32. The number of carbonyl (C=O) groups is 1. The molecule has 33 heavy (non-hydrogen) atoms. The molecule has 0 spiro atoms. The first-order chi connectivity index (χ1) is 15.9. The van der Waals surface area contributed by atoms with E-state index in [1.165, 1.54) is 19.2 Å². The van der Waals surface area contributed by atoms with Crippen LogP contribution >= 0.6 is 0 Å². The van der Waals surface area contributed by atoms with Gasteiger partial charge in [0.25, 0.3) is 10.0 Å². The highest BCUT2D eigenvalue weighted by atomic mass is 32.2. The van der Waals surface area contributed by atoms with Gasteiger partial charge in [-0.2, -0.15) is 13.5 Å². The Balaban J connectivity index is 1.46. The zero-order valence-corrected chi connectivity index (χ0v) is 18.4. The van der Waals surface area contributed by atoms with Gasteiger partial charge in [-0.15, -0.1) is 0 Å². The third-order valence-electron chi connectivity index (χ3n) is 5.45. The van der Waals surface area contributed by atoms with Crippen molar-refractivity contribution < 1.29 is 27.1 Å². The third kappa shape index (κ3) is 4.09. The number of aromatic nitrogens is 3. The van der Waals surface area contributed by atoms with Crippen LogP contribution in [0.4, 0.5) is 14.9 Å². The Morgan fingerprint density at radius 1 is 1.27 bits per heavy atom. The molecule has 10 nitrogen and oxygen atoms in total. The van der Waals surface area contributed by atoms with Crippen LogP contribution in [0, 0.1) is 5.82 Å². The minimum Gasteiger partial charge on any atom is -0.493 e. The number of amides is 2. The number of ether oxygens (including phenoxy) is 2. The van der Waals surface area contributed by atoms with Crippen LogP contribution in [0.2, 0.25) is 0 Å². The van der Waals surface area contributed by atoms with Crippen molar-refractivity contribution in [1.29, 1.82) is 0 Å². The molecule has 5 rings (SSSR count). The number of hydrogen-bond acceptors (Lipinski definition) is 7. The van der Waals surface area contributed by atoms with Gasteiger partial charge in [0.1, 0.15) is 11.6 Å². The number of pyridine rings is 1. The lowest BCUT2D eigenvalue weighted by molar-refractivity contribution is 0.256. The topological polar surface area (TPSA) is 124 Å². The molecule has 0 bridgehead atoms. The van der Waals surface area contributed by atoms with Crippen molar-refractivity contribution in [2.75, 3.05) is 19.0 Å². The number of rotatable bonds is 6. The van der Waals surface area contributed by atoms with Crippen LogP contribution in [0.15, 0.2) is 41.7 Å². The molecule has 1 saturated carbocycles. The molecule has 0 atom stereocenters. The second kappa shape index (κ2) is 8.03. The number of anilines is 1. The van der Waals surface area contributed by atoms with Crippen LogP contribution in [0.3, 0.4) is 0 Å². The van der Waals surface area contributed by atoms with Gasteiger partial charge in [0, 0.05) is 35.4 Å². The summed E-state index contributed by atoms with van der Waals surface area (Å²) in [5, 5.41) is 6.37. The Bertz CT molecular complexity index is 1350. The van der Waals surface area contributed by atoms with Crippen LogP contribution in [0.1, 0.15) is 24.4 Å². The number of nitrogens with zero attached hydrogens (tertiary/aromatic N) is 3. The van der Waals surface area contributed by atoms with Crippen molar-refractivity contribution in [3.05, 3.63) is 48.0 Å². The van der Waals surface area contributed by atoms with E-state index in [9.17, 15) is 17.6 Å². The summed E-state index contributed by atoms with van der Waals surface area (Å²) in [6.45, 7) is 0.383. The van der Waals surface area contributed by atoms with E-state index in [4.69, 9.17) is 9.47 Å². The molecule has 1 aliphatic carbocycles. The normalized spacial score (nSPS) is 15.0. The van der Waals surface area contributed by atoms with Crippen molar-refractivity contribution in [1.82, 2.24) is 19.5 Å². The summed E-state index contributed by atoms with van der Waals surface area (Å²) >= 11 is 0.